The summed E-state index contributed by atoms with van der Waals surface area (Å²) < 4.78 is 28.3. The van der Waals surface area contributed by atoms with Crippen molar-refractivity contribution in [1.29, 1.82) is 0 Å². The lowest BCUT2D eigenvalue weighted by Gasteiger charge is -2.57. The van der Waals surface area contributed by atoms with Crippen LogP contribution in [0.1, 0.15) is 49.7 Å². The van der Waals surface area contributed by atoms with Crippen LogP contribution < -0.4 is 4.72 Å². The molecule has 0 saturated heterocycles. The van der Waals surface area contributed by atoms with E-state index in [1.54, 1.807) is 24.3 Å². The average molecular weight is 416 g/mol. The van der Waals surface area contributed by atoms with E-state index >= 15 is 0 Å². The molecule has 0 radical (unpaired) electrons. The van der Waals surface area contributed by atoms with Crippen molar-refractivity contribution in [2.45, 2.75) is 55.8 Å². The molecule has 0 amide bonds. The molecular weight excluding hydrogens is 390 g/mol. The van der Waals surface area contributed by atoms with Crippen LogP contribution in [0, 0.1) is 24.7 Å². The first-order valence-electron chi connectivity index (χ1n) is 10.2. The number of hydrogen-bond donors (Lipinski definition) is 1. The van der Waals surface area contributed by atoms with E-state index in [1.807, 2.05) is 13.0 Å². The predicted molar refractivity (Wildman–Crippen MR) is 113 cm³/mol. The first-order valence-corrected chi connectivity index (χ1v) is 12.1. The van der Waals surface area contributed by atoms with Gasteiger partial charge in [-0.3, -0.25) is 4.72 Å². The molecule has 2 aromatic carbocycles. The van der Waals surface area contributed by atoms with Crippen LogP contribution in [0.15, 0.2) is 47.4 Å². The lowest BCUT2D eigenvalue weighted by molar-refractivity contribution is -0.00521. The van der Waals surface area contributed by atoms with Gasteiger partial charge in [-0.2, -0.15) is 0 Å². The summed E-state index contributed by atoms with van der Waals surface area (Å²) in [5, 5.41) is 0.411. The smallest absolute Gasteiger partial charge is 0.261 e. The first-order chi connectivity index (χ1) is 13.3. The van der Waals surface area contributed by atoms with Crippen LogP contribution >= 0.6 is 11.6 Å². The van der Waals surface area contributed by atoms with Crippen molar-refractivity contribution >= 4 is 27.3 Å². The molecule has 4 fully saturated rings. The van der Waals surface area contributed by atoms with Gasteiger partial charge < -0.3 is 0 Å². The van der Waals surface area contributed by atoms with Crippen LogP contribution in [0.5, 0.6) is 0 Å². The lowest BCUT2D eigenvalue weighted by atomic mass is 9.48. The second-order valence-corrected chi connectivity index (χ2v) is 11.4. The fourth-order valence-electron chi connectivity index (χ4n) is 6.36. The van der Waals surface area contributed by atoms with E-state index in [2.05, 4.69) is 16.9 Å². The Bertz CT molecular complexity index is 978. The molecule has 0 aromatic heterocycles. The van der Waals surface area contributed by atoms with Crippen molar-refractivity contribution in [2.75, 3.05) is 4.72 Å². The van der Waals surface area contributed by atoms with Crippen molar-refractivity contribution in [1.82, 2.24) is 0 Å². The summed E-state index contributed by atoms with van der Waals surface area (Å²) in [5.74, 6) is 2.63. The van der Waals surface area contributed by atoms with Gasteiger partial charge in [0.2, 0.25) is 0 Å². The number of hydrogen-bond acceptors (Lipinski definition) is 2. The Labute approximate surface area is 172 Å². The summed E-state index contributed by atoms with van der Waals surface area (Å²) in [4.78, 5) is 0.289. The zero-order valence-electron chi connectivity index (χ0n) is 16.1. The molecule has 28 heavy (non-hydrogen) atoms. The fourth-order valence-corrected chi connectivity index (χ4v) is 7.78. The third kappa shape index (κ3) is 3.15. The van der Waals surface area contributed by atoms with Crippen molar-refractivity contribution in [3.05, 3.63) is 58.6 Å². The minimum atomic E-state index is -3.66. The molecule has 6 rings (SSSR count). The molecule has 5 heteroatoms. The molecule has 3 nitrogen and oxygen atoms in total. The zero-order valence-corrected chi connectivity index (χ0v) is 17.7. The van der Waals surface area contributed by atoms with Crippen molar-refractivity contribution < 1.29 is 8.42 Å². The highest BCUT2D eigenvalue weighted by molar-refractivity contribution is 7.92. The number of aryl methyl sites for hydroxylation is 1. The monoisotopic (exact) mass is 415 g/mol. The Morgan fingerprint density at radius 2 is 1.50 bits per heavy atom. The Kier molecular flexibility index (Phi) is 4.29. The summed E-state index contributed by atoms with van der Waals surface area (Å²) in [6.07, 6.45) is 8.07. The SMILES string of the molecule is Cc1ccc(NS(=O)(=O)c2ccc(C34CC5CC(CC(C5)C3)C4)cc2)c(Cl)c1. The van der Waals surface area contributed by atoms with Crippen LogP contribution in [-0.4, -0.2) is 8.42 Å². The minimum Gasteiger partial charge on any atom is -0.278 e. The summed E-state index contributed by atoms with van der Waals surface area (Å²) in [5.41, 5.74) is 3.02. The maximum absolute atomic E-state index is 12.8. The van der Waals surface area contributed by atoms with Crippen molar-refractivity contribution in [3.63, 3.8) is 0 Å². The fraction of sp³-hybridized carbons (Fsp3) is 0.478. The molecule has 0 unspecified atom stereocenters. The molecule has 148 valence electrons. The summed E-state index contributed by atoms with van der Waals surface area (Å²) in [6.45, 7) is 1.92. The number of rotatable bonds is 4. The number of nitrogens with one attached hydrogen (secondary N) is 1. The molecule has 4 bridgehead atoms. The van der Waals surface area contributed by atoms with Gasteiger partial charge in [0.1, 0.15) is 0 Å². The summed E-state index contributed by atoms with van der Waals surface area (Å²) in [6, 6.07) is 12.9. The van der Waals surface area contributed by atoms with E-state index < -0.39 is 10.0 Å². The zero-order chi connectivity index (χ0) is 19.5. The van der Waals surface area contributed by atoms with Gasteiger partial charge >= 0.3 is 0 Å². The first kappa shape index (κ1) is 18.5. The van der Waals surface area contributed by atoms with Crippen LogP contribution in [0.4, 0.5) is 5.69 Å². The van der Waals surface area contributed by atoms with E-state index in [9.17, 15) is 8.42 Å². The van der Waals surface area contributed by atoms with Gasteiger partial charge in [0, 0.05) is 0 Å². The molecule has 4 aliphatic rings. The van der Waals surface area contributed by atoms with E-state index in [0.717, 1.165) is 23.3 Å². The molecule has 4 saturated carbocycles. The normalized spacial score (nSPS) is 31.1. The van der Waals surface area contributed by atoms with Gasteiger partial charge in [-0.25, -0.2) is 8.42 Å². The highest BCUT2D eigenvalue weighted by Gasteiger charge is 2.51. The quantitative estimate of drug-likeness (QED) is 0.673. The molecule has 2 aromatic rings. The van der Waals surface area contributed by atoms with Crippen LogP contribution in [0.2, 0.25) is 5.02 Å². The van der Waals surface area contributed by atoms with Gasteiger partial charge in [0.15, 0.2) is 0 Å². The van der Waals surface area contributed by atoms with E-state index in [-0.39, 0.29) is 10.3 Å². The molecule has 4 aliphatic carbocycles. The van der Waals surface area contributed by atoms with Gasteiger partial charge in [0.25, 0.3) is 10.0 Å². The topological polar surface area (TPSA) is 46.2 Å². The third-order valence-electron chi connectivity index (χ3n) is 7.18. The van der Waals surface area contributed by atoms with E-state index in [4.69, 9.17) is 11.6 Å². The third-order valence-corrected chi connectivity index (χ3v) is 8.88. The number of sulfonamides is 1. The maximum atomic E-state index is 12.8. The standard InChI is InChI=1S/C23H26ClNO2S/c1-15-2-7-22(21(24)8-15)25-28(26,27)20-5-3-19(4-6-20)23-12-16-9-17(13-23)11-18(10-16)14-23/h2-8,16-18,25H,9-14H2,1H3. The lowest BCUT2D eigenvalue weighted by Crippen LogP contribution is -2.48. The summed E-state index contributed by atoms with van der Waals surface area (Å²) in [7, 11) is -3.66. The molecule has 0 heterocycles. The van der Waals surface area contributed by atoms with Gasteiger partial charge in [0.05, 0.1) is 15.6 Å². The Morgan fingerprint density at radius 3 is 2.04 bits per heavy atom. The highest BCUT2D eigenvalue weighted by Crippen LogP contribution is 2.60. The molecular formula is C23H26ClNO2S. The Hall–Kier alpha value is -1.52. The Balaban J connectivity index is 1.40. The Morgan fingerprint density at radius 1 is 0.929 bits per heavy atom. The van der Waals surface area contributed by atoms with E-state index in [0.29, 0.717) is 10.7 Å². The van der Waals surface area contributed by atoms with E-state index in [1.165, 1.54) is 44.1 Å². The van der Waals surface area contributed by atoms with Crippen molar-refractivity contribution in [2.24, 2.45) is 17.8 Å². The average Bonchev–Trinajstić information content (AvgIpc) is 2.63. The van der Waals surface area contributed by atoms with Crippen LogP contribution in [0.25, 0.3) is 0 Å². The molecule has 0 spiro atoms. The maximum Gasteiger partial charge on any atom is 0.261 e. The minimum absolute atomic E-state index is 0.282. The van der Waals surface area contributed by atoms with Gasteiger partial charge in [-0.05, 0) is 104 Å². The van der Waals surface area contributed by atoms with Crippen LogP contribution in [0.3, 0.4) is 0 Å². The molecule has 1 N–H and O–H groups in total. The van der Waals surface area contributed by atoms with Crippen molar-refractivity contribution in [3.8, 4) is 0 Å². The second kappa shape index (κ2) is 6.50. The second-order valence-electron chi connectivity index (χ2n) is 9.31. The highest BCUT2D eigenvalue weighted by atomic mass is 35.5. The molecule has 0 atom stereocenters. The molecule has 0 aliphatic heterocycles. The number of halogens is 1. The number of anilines is 1. The van der Waals surface area contributed by atoms with Gasteiger partial charge in [-0.15, -0.1) is 0 Å². The number of benzene rings is 2. The predicted octanol–water partition coefficient (Wildman–Crippen LogP) is 5.92. The van der Waals surface area contributed by atoms with Gasteiger partial charge in [-0.1, -0.05) is 29.8 Å². The largest absolute Gasteiger partial charge is 0.278 e. The summed E-state index contributed by atoms with van der Waals surface area (Å²) >= 11 is 6.20. The van der Waals surface area contributed by atoms with Crippen LogP contribution in [-0.2, 0) is 15.4 Å².